The van der Waals surface area contributed by atoms with Crippen LogP contribution in [0, 0.1) is 5.92 Å². The second kappa shape index (κ2) is 7.92. The van der Waals surface area contributed by atoms with Gasteiger partial charge in [0, 0.05) is 6.04 Å². The van der Waals surface area contributed by atoms with Gasteiger partial charge >= 0.3 is 12.0 Å². The normalized spacial score (nSPS) is 15.9. The van der Waals surface area contributed by atoms with Gasteiger partial charge < -0.3 is 20.8 Å². The Morgan fingerprint density at radius 2 is 1.61 bits per heavy atom. The summed E-state index contributed by atoms with van der Waals surface area (Å²) in [5, 5.41) is 22.9. The van der Waals surface area contributed by atoms with Crippen LogP contribution in [0.1, 0.15) is 40.5 Å². The van der Waals surface area contributed by atoms with Crippen molar-refractivity contribution < 1.29 is 19.8 Å². The van der Waals surface area contributed by atoms with Gasteiger partial charge in [-0.1, -0.05) is 13.8 Å². The van der Waals surface area contributed by atoms with E-state index in [0.717, 1.165) is 12.8 Å². The molecule has 1 unspecified atom stereocenters. The lowest BCUT2D eigenvalue weighted by Gasteiger charge is -2.20. The smallest absolute Gasteiger partial charge is 0.328 e. The number of carboxylic acid groups (broad SMARTS) is 1. The van der Waals surface area contributed by atoms with E-state index in [1.807, 2.05) is 6.92 Å². The van der Waals surface area contributed by atoms with E-state index in [2.05, 4.69) is 24.5 Å². The maximum Gasteiger partial charge on any atom is 0.328 e. The minimum Gasteiger partial charge on any atom is -0.480 e. The largest absolute Gasteiger partial charge is 0.480 e. The zero-order valence-corrected chi connectivity index (χ0v) is 11.4. The molecule has 4 N–H and O–H groups in total. The Balaban J connectivity index is 4.12. The zero-order valence-electron chi connectivity index (χ0n) is 11.4. The van der Waals surface area contributed by atoms with Crippen molar-refractivity contribution in [1.82, 2.24) is 10.6 Å². The van der Waals surface area contributed by atoms with E-state index < -0.39 is 24.1 Å². The molecule has 0 aliphatic heterocycles. The molecule has 0 aliphatic rings. The first kappa shape index (κ1) is 16.7. The average Bonchev–Trinajstić information content (AvgIpc) is 2.22. The first-order valence-electron chi connectivity index (χ1n) is 6.22. The number of carbonyl (C=O) groups excluding carboxylic acids is 1. The third-order valence-corrected chi connectivity index (χ3v) is 2.59. The lowest BCUT2D eigenvalue weighted by atomic mass is 10.0. The Morgan fingerprint density at radius 3 is 2.00 bits per heavy atom. The molecule has 0 aliphatic carbocycles. The molecule has 0 aromatic heterocycles. The van der Waals surface area contributed by atoms with Crippen LogP contribution in [-0.2, 0) is 4.79 Å². The number of carboxylic acids is 1. The van der Waals surface area contributed by atoms with Crippen molar-refractivity contribution >= 4 is 12.0 Å². The molecule has 18 heavy (non-hydrogen) atoms. The van der Waals surface area contributed by atoms with E-state index in [1.165, 1.54) is 6.92 Å². The molecule has 2 amide bonds. The molecule has 0 aromatic carbocycles. The lowest BCUT2D eigenvalue weighted by molar-refractivity contribution is -0.141. The number of aliphatic carboxylic acids is 1. The number of aliphatic hydroxyl groups excluding tert-OH is 1. The van der Waals surface area contributed by atoms with Crippen molar-refractivity contribution in [2.75, 3.05) is 0 Å². The summed E-state index contributed by atoms with van der Waals surface area (Å²) in [6, 6.07) is -1.89. The van der Waals surface area contributed by atoms with Crippen LogP contribution >= 0.6 is 0 Å². The Bertz CT molecular complexity index is 279. The van der Waals surface area contributed by atoms with Gasteiger partial charge in [-0.05, 0) is 32.6 Å². The first-order valence-corrected chi connectivity index (χ1v) is 6.22. The molecule has 0 saturated heterocycles. The molecule has 0 saturated carbocycles. The third kappa shape index (κ3) is 7.11. The molecule has 0 heterocycles. The van der Waals surface area contributed by atoms with Gasteiger partial charge in [0.15, 0.2) is 6.04 Å². The van der Waals surface area contributed by atoms with E-state index in [4.69, 9.17) is 5.11 Å². The van der Waals surface area contributed by atoms with Crippen molar-refractivity contribution in [1.29, 1.82) is 0 Å². The maximum absolute atomic E-state index is 11.5. The van der Waals surface area contributed by atoms with Crippen LogP contribution < -0.4 is 10.6 Å². The van der Waals surface area contributed by atoms with E-state index in [1.54, 1.807) is 0 Å². The molecule has 0 radical (unpaired) electrons. The summed E-state index contributed by atoms with van der Waals surface area (Å²) in [7, 11) is 0. The molecular formula is C12H24N2O4. The Labute approximate surface area is 108 Å². The molecule has 0 rings (SSSR count). The van der Waals surface area contributed by atoms with E-state index in [-0.39, 0.29) is 6.04 Å². The summed E-state index contributed by atoms with van der Waals surface area (Å²) < 4.78 is 0. The average molecular weight is 260 g/mol. The number of aliphatic hydroxyl groups is 1. The van der Waals surface area contributed by atoms with Gasteiger partial charge in [-0.15, -0.1) is 0 Å². The third-order valence-electron chi connectivity index (χ3n) is 2.59. The standard InChI is InChI=1S/C12H24N2O4/c1-7(2)5-6-8(3)13-12(18)14-10(9(4)15)11(16)17/h7-10,15H,5-6H2,1-4H3,(H,16,17)(H2,13,14,18)/t8?,9-,10+/m1/s1. The molecule has 6 heteroatoms. The predicted molar refractivity (Wildman–Crippen MR) is 68.3 cm³/mol. The van der Waals surface area contributed by atoms with E-state index in [0.29, 0.717) is 5.92 Å². The molecular weight excluding hydrogens is 236 g/mol. The van der Waals surface area contributed by atoms with Crippen molar-refractivity contribution in [3.05, 3.63) is 0 Å². The number of hydrogen-bond acceptors (Lipinski definition) is 3. The van der Waals surface area contributed by atoms with Crippen molar-refractivity contribution in [2.24, 2.45) is 5.92 Å². The topological polar surface area (TPSA) is 98.7 Å². The second-order valence-corrected chi connectivity index (χ2v) is 5.05. The molecule has 0 bridgehead atoms. The molecule has 0 aromatic rings. The molecule has 106 valence electrons. The molecule has 0 spiro atoms. The number of carbonyl (C=O) groups is 2. The summed E-state index contributed by atoms with van der Waals surface area (Å²) in [6.07, 6.45) is 0.678. The lowest BCUT2D eigenvalue weighted by Crippen LogP contribution is -2.52. The van der Waals surface area contributed by atoms with Crippen LogP contribution in [0.4, 0.5) is 4.79 Å². The Morgan fingerprint density at radius 1 is 1.06 bits per heavy atom. The summed E-state index contributed by atoms with van der Waals surface area (Å²) in [5.74, 6) is -0.698. The SMILES string of the molecule is CC(C)CCC(C)NC(=O)N[C@H](C(=O)O)[C@@H](C)O. The molecule has 6 nitrogen and oxygen atoms in total. The van der Waals surface area contributed by atoms with Crippen LogP contribution in [0.2, 0.25) is 0 Å². The van der Waals surface area contributed by atoms with Crippen LogP contribution in [0.15, 0.2) is 0 Å². The van der Waals surface area contributed by atoms with Crippen molar-refractivity contribution in [3.63, 3.8) is 0 Å². The van der Waals surface area contributed by atoms with Crippen LogP contribution in [0.25, 0.3) is 0 Å². The fourth-order valence-corrected chi connectivity index (χ4v) is 1.45. The Hall–Kier alpha value is -1.30. The van der Waals surface area contributed by atoms with E-state index >= 15 is 0 Å². The summed E-state index contributed by atoms with van der Waals surface area (Å²) in [6.45, 7) is 7.38. The number of hydrogen-bond donors (Lipinski definition) is 4. The second-order valence-electron chi connectivity index (χ2n) is 5.05. The fourth-order valence-electron chi connectivity index (χ4n) is 1.45. The van der Waals surface area contributed by atoms with Crippen molar-refractivity contribution in [2.45, 2.75) is 58.7 Å². The molecule has 0 fully saturated rings. The summed E-state index contributed by atoms with van der Waals surface area (Å²) in [4.78, 5) is 22.3. The highest BCUT2D eigenvalue weighted by atomic mass is 16.4. The van der Waals surface area contributed by atoms with Gasteiger partial charge in [0.25, 0.3) is 0 Å². The number of rotatable bonds is 7. The van der Waals surface area contributed by atoms with Gasteiger partial charge in [0.2, 0.25) is 0 Å². The number of urea groups is 1. The fraction of sp³-hybridized carbons (Fsp3) is 0.833. The van der Waals surface area contributed by atoms with Gasteiger partial charge in [0.1, 0.15) is 0 Å². The molecule has 3 atom stereocenters. The highest BCUT2D eigenvalue weighted by Crippen LogP contribution is 2.06. The maximum atomic E-state index is 11.5. The quantitative estimate of drug-likeness (QED) is 0.547. The van der Waals surface area contributed by atoms with E-state index in [9.17, 15) is 14.7 Å². The first-order chi connectivity index (χ1) is 8.23. The van der Waals surface area contributed by atoms with Gasteiger partial charge in [-0.3, -0.25) is 0 Å². The van der Waals surface area contributed by atoms with Crippen LogP contribution in [-0.4, -0.2) is 40.4 Å². The number of amides is 2. The van der Waals surface area contributed by atoms with Crippen LogP contribution in [0.3, 0.4) is 0 Å². The summed E-state index contributed by atoms with van der Waals surface area (Å²) >= 11 is 0. The summed E-state index contributed by atoms with van der Waals surface area (Å²) in [5.41, 5.74) is 0. The zero-order chi connectivity index (χ0) is 14.3. The predicted octanol–water partition coefficient (Wildman–Crippen LogP) is 0.944. The van der Waals surface area contributed by atoms with Crippen molar-refractivity contribution in [3.8, 4) is 0 Å². The highest BCUT2D eigenvalue weighted by Gasteiger charge is 2.25. The minimum absolute atomic E-state index is 0.0316. The monoisotopic (exact) mass is 260 g/mol. The minimum atomic E-state index is -1.29. The number of nitrogens with one attached hydrogen (secondary N) is 2. The van der Waals surface area contributed by atoms with Gasteiger partial charge in [-0.25, -0.2) is 9.59 Å². The van der Waals surface area contributed by atoms with Crippen LogP contribution in [0.5, 0.6) is 0 Å². The van der Waals surface area contributed by atoms with Gasteiger partial charge in [0.05, 0.1) is 6.10 Å². The van der Waals surface area contributed by atoms with Gasteiger partial charge in [-0.2, -0.15) is 0 Å². The highest BCUT2D eigenvalue weighted by molar-refractivity contribution is 5.83. The Kier molecular flexibility index (Phi) is 7.35.